The van der Waals surface area contributed by atoms with Crippen LogP contribution in [0.2, 0.25) is 0 Å². The van der Waals surface area contributed by atoms with Gasteiger partial charge in [0.15, 0.2) is 0 Å². The second kappa shape index (κ2) is 5.52. The molecule has 0 bridgehead atoms. The van der Waals surface area contributed by atoms with Crippen LogP contribution in [0.5, 0.6) is 5.75 Å². The zero-order valence-electron chi connectivity index (χ0n) is 13.6. The van der Waals surface area contributed by atoms with Gasteiger partial charge < -0.3 is 5.11 Å². The molecule has 1 aromatic carbocycles. The maximum Gasteiger partial charge on any atom is 0.332 e. The number of hydrogen-bond acceptors (Lipinski definition) is 4. The van der Waals surface area contributed by atoms with Gasteiger partial charge in [0.1, 0.15) is 16.8 Å². The molecule has 0 fully saturated rings. The normalized spacial score (nSPS) is 11.1. The van der Waals surface area contributed by atoms with Crippen molar-refractivity contribution in [3.63, 3.8) is 0 Å². The summed E-state index contributed by atoms with van der Waals surface area (Å²) in [5.74, 6) is -0.360. The van der Waals surface area contributed by atoms with Gasteiger partial charge in [-0.15, -0.1) is 0 Å². The summed E-state index contributed by atoms with van der Waals surface area (Å²) in [4.78, 5) is 37.7. The Labute approximate surface area is 136 Å². The Bertz CT molecular complexity index is 1120. The Hall–Kier alpha value is -3.09. The largest absolute Gasteiger partial charge is 0.506 e. The molecule has 0 radical (unpaired) electrons. The van der Waals surface area contributed by atoms with Crippen LogP contribution in [-0.4, -0.2) is 18.8 Å². The lowest BCUT2D eigenvalue weighted by atomic mass is 10.1. The van der Waals surface area contributed by atoms with Gasteiger partial charge in [0.05, 0.1) is 11.3 Å². The Balaban J connectivity index is 2.74. The molecule has 3 rings (SSSR count). The second-order valence-corrected chi connectivity index (χ2v) is 5.56. The number of aryl methyl sites for hydroxylation is 1. The van der Waals surface area contributed by atoms with Gasteiger partial charge in [0.2, 0.25) is 0 Å². The zero-order chi connectivity index (χ0) is 17.6. The minimum atomic E-state index is -0.634. The summed E-state index contributed by atoms with van der Waals surface area (Å²) in [6, 6.07) is 8.73. The van der Waals surface area contributed by atoms with Crippen LogP contribution in [0.1, 0.15) is 12.5 Å². The number of nitrogens with zero attached hydrogens (tertiary/aromatic N) is 3. The molecule has 2 aromatic heterocycles. The van der Waals surface area contributed by atoms with Crippen molar-refractivity contribution in [1.82, 2.24) is 13.7 Å². The van der Waals surface area contributed by atoms with Crippen molar-refractivity contribution in [2.75, 3.05) is 0 Å². The first-order valence-corrected chi connectivity index (χ1v) is 7.52. The SMILES string of the molecule is CCc1c(O)c2c(=O)n(C)c(=O)n(C)c2n(-c2ccccc2)c1=O. The number of fused-ring (bicyclic) bond motifs is 1. The molecule has 7 nitrogen and oxygen atoms in total. The smallest absolute Gasteiger partial charge is 0.332 e. The Kier molecular flexibility index (Phi) is 3.63. The van der Waals surface area contributed by atoms with Gasteiger partial charge >= 0.3 is 5.69 Å². The summed E-state index contributed by atoms with van der Waals surface area (Å²) >= 11 is 0. The average molecular weight is 327 g/mol. The molecule has 0 spiro atoms. The standard InChI is InChI=1S/C17H17N3O4/c1-4-11-13(21)12-14(18(2)17(24)19(3)16(12)23)20(15(11)22)10-8-6-5-7-9-10/h5-9,21H,4H2,1-3H3. The lowest BCUT2D eigenvalue weighted by molar-refractivity contribution is 0.471. The van der Waals surface area contributed by atoms with Crippen molar-refractivity contribution in [2.24, 2.45) is 14.1 Å². The van der Waals surface area contributed by atoms with Crippen molar-refractivity contribution in [1.29, 1.82) is 0 Å². The van der Waals surface area contributed by atoms with E-state index in [1.54, 1.807) is 37.3 Å². The van der Waals surface area contributed by atoms with Crippen LogP contribution in [0.4, 0.5) is 0 Å². The van der Waals surface area contributed by atoms with E-state index in [1.165, 1.54) is 23.2 Å². The van der Waals surface area contributed by atoms with Gasteiger partial charge in [-0.05, 0) is 18.6 Å². The van der Waals surface area contributed by atoms with E-state index >= 15 is 0 Å². The number of pyridine rings is 1. The maximum atomic E-state index is 12.9. The summed E-state index contributed by atoms with van der Waals surface area (Å²) in [6.45, 7) is 1.73. The molecule has 0 aliphatic rings. The van der Waals surface area contributed by atoms with Crippen LogP contribution in [0.25, 0.3) is 16.7 Å². The first-order valence-electron chi connectivity index (χ1n) is 7.52. The van der Waals surface area contributed by atoms with Crippen LogP contribution in [-0.2, 0) is 20.5 Å². The summed E-state index contributed by atoms with van der Waals surface area (Å²) in [5.41, 5.74) is -0.913. The van der Waals surface area contributed by atoms with E-state index in [1.807, 2.05) is 0 Å². The second-order valence-electron chi connectivity index (χ2n) is 5.56. The van der Waals surface area contributed by atoms with Crippen molar-refractivity contribution in [3.8, 4) is 11.4 Å². The Morgan fingerprint density at radius 3 is 2.17 bits per heavy atom. The first kappa shape index (κ1) is 15.8. The topological polar surface area (TPSA) is 86.2 Å². The third kappa shape index (κ3) is 2.01. The van der Waals surface area contributed by atoms with Crippen LogP contribution in [0.3, 0.4) is 0 Å². The van der Waals surface area contributed by atoms with Crippen LogP contribution in [0.15, 0.2) is 44.7 Å². The van der Waals surface area contributed by atoms with Crippen molar-refractivity contribution >= 4 is 11.0 Å². The van der Waals surface area contributed by atoms with Crippen LogP contribution < -0.4 is 16.8 Å². The fraction of sp³-hybridized carbons (Fsp3) is 0.235. The highest BCUT2D eigenvalue weighted by atomic mass is 16.3. The molecule has 0 amide bonds. The fourth-order valence-electron chi connectivity index (χ4n) is 2.92. The van der Waals surface area contributed by atoms with Crippen LogP contribution >= 0.6 is 0 Å². The molecule has 0 atom stereocenters. The molecule has 2 heterocycles. The van der Waals surface area contributed by atoms with E-state index in [0.717, 1.165) is 4.57 Å². The number of benzene rings is 1. The fourth-order valence-corrected chi connectivity index (χ4v) is 2.92. The third-order valence-corrected chi connectivity index (χ3v) is 4.20. The summed E-state index contributed by atoms with van der Waals surface area (Å²) < 4.78 is 3.42. The molecule has 0 aliphatic carbocycles. The molecule has 0 saturated heterocycles. The average Bonchev–Trinajstić information content (AvgIpc) is 2.59. The van der Waals surface area contributed by atoms with Crippen molar-refractivity contribution in [3.05, 3.63) is 67.1 Å². The Morgan fingerprint density at radius 1 is 0.958 bits per heavy atom. The highest BCUT2D eigenvalue weighted by Crippen LogP contribution is 2.24. The highest BCUT2D eigenvalue weighted by Gasteiger charge is 2.22. The number of aromatic hydroxyl groups is 1. The number of para-hydroxylation sites is 1. The predicted molar refractivity (Wildman–Crippen MR) is 91.1 cm³/mol. The minimum absolute atomic E-state index is 0.0418. The molecular weight excluding hydrogens is 310 g/mol. The summed E-state index contributed by atoms with van der Waals surface area (Å²) in [7, 11) is 2.81. The lowest BCUT2D eigenvalue weighted by Crippen LogP contribution is -2.40. The summed E-state index contributed by atoms with van der Waals surface area (Å²) in [6.07, 6.45) is 0.263. The molecule has 124 valence electrons. The predicted octanol–water partition coefficient (Wildman–Crippen LogP) is 0.656. The number of aromatic nitrogens is 3. The van der Waals surface area contributed by atoms with Gasteiger partial charge in [-0.1, -0.05) is 25.1 Å². The molecule has 3 aromatic rings. The van der Waals surface area contributed by atoms with Crippen molar-refractivity contribution in [2.45, 2.75) is 13.3 Å². The minimum Gasteiger partial charge on any atom is -0.506 e. The van der Waals surface area contributed by atoms with Gasteiger partial charge in [0.25, 0.3) is 11.1 Å². The van der Waals surface area contributed by atoms with E-state index in [-0.39, 0.29) is 28.8 Å². The molecular formula is C17H17N3O4. The van der Waals surface area contributed by atoms with E-state index < -0.39 is 16.8 Å². The van der Waals surface area contributed by atoms with E-state index in [0.29, 0.717) is 5.69 Å². The summed E-state index contributed by atoms with van der Waals surface area (Å²) in [5, 5.41) is 10.4. The first-order chi connectivity index (χ1) is 11.4. The van der Waals surface area contributed by atoms with Crippen LogP contribution in [0, 0.1) is 0 Å². The zero-order valence-corrected chi connectivity index (χ0v) is 13.6. The molecule has 0 aliphatic heterocycles. The quantitative estimate of drug-likeness (QED) is 0.749. The van der Waals surface area contributed by atoms with E-state index in [9.17, 15) is 19.5 Å². The number of rotatable bonds is 2. The molecule has 7 heteroatoms. The van der Waals surface area contributed by atoms with Crippen molar-refractivity contribution < 1.29 is 5.11 Å². The van der Waals surface area contributed by atoms with Gasteiger partial charge in [-0.3, -0.25) is 23.3 Å². The molecule has 24 heavy (non-hydrogen) atoms. The lowest BCUT2D eigenvalue weighted by Gasteiger charge is -2.17. The highest BCUT2D eigenvalue weighted by molar-refractivity contribution is 5.84. The van der Waals surface area contributed by atoms with Gasteiger partial charge in [-0.25, -0.2) is 4.79 Å². The molecule has 0 saturated carbocycles. The van der Waals surface area contributed by atoms with E-state index in [2.05, 4.69) is 0 Å². The maximum absolute atomic E-state index is 12.9. The molecule has 0 unspecified atom stereocenters. The van der Waals surface area contributed by atoms with E-state index in [4.69, 9.17) is 0 Å². The third-order valence-electron chi connectivity index (χ3n) is 4.20. The monoisotopic (exact) mass is 327 g/mol. The molecule has 1 N–H and O–H groups in total. The number of hydrogen-bond donors (Lipinski definition) is 1. The van der Waals surface area contributed by atoms with Gasteiger partial charge in [0, 0.05) is 14.1 Å². The Morgan fingerprint density at radius 2 is 1.58 bits per heavy atom. The van der Waals surface area contributed by atoms with Gasteiger partial charge in [-0.2, -0.15) is 0 Å².